The van der Waals surface area contributed by atoms with Crippen LogP contribution in [0, 0.1) is 0 Å². The number of ether oxygens (including phenoxy) is 1. The summed E-state index contributed by atoms with van der Waals surface area (Å²) in [7, 11) is 0. The summed E-state index contributed by atoms with van der Waals surface area (Å²) in [6.45, 7) is 0.512. The number of hydrogen-bond donors (Lipinski definition) is 0. The van der Waals surface area contributed by atoms with Crippen molar-refractivity contribution in [3.05, 3.63) is 48.0 Å². The normalized spacial score (nSPS) is 24.2. The molecule has 1 amide bonds. The fourth-order valence-electron chi connectivity index (χ4n) is 3.14. The molecule has 0 saturated carbocycles. The molecule has 0 spiro atoms. The first-order chi connectivity index (χ1) is 9.74. The molecule has 2 saturated heterocycles. The van der Waals surface area contributed by atoms with E-state index < -0.39 is 6.04 Å². The molecule has 2 bridgehead atoms. The molecule has 2 aliphatic heterocycles. The van der Waals surface area contributed by atoms with Gasteiger partial charge in [-0.1, -0.05) is 36.4 Å². The lowest BCUT2D eigenvalue weighted by atomic mass is 10.0. The van der Waals surface area contributed by atoms with Gasteiger partial charge in [-0.2, -0.15) is 0 Å². The summed E-state index contributed by atoms with van der Waals surface area (Å²) in [5.41, 5.74) is 0.656. The summed E-state index contributed by atoms with van der Waals surface area (Å²) in [4.78, 5) is 26.0. The zero-order valence-corrected chi connectivity index (χ0v) is 10.8. The van der Waals surface area contributed by atoms with Crippen molar-refractivity contribution in [2.45, 2.75) is 18.6 Å². The number of hydrogen-bond acceptors (Lipinski definition) is 3. The molecule has 4 nitrogen and oxygen atoms in total. The van der Waals surface area contributed by atoms with Crippen LogP contribution in [0.2, 0.25) is 0 Å². The number of amides is 1. The quantitative estimate of drug-likeness (QED) is 0.742. The number of benzene rings is 2. The highest BCUT2D eigenvalue weighted by molar-refractivity contribution is 6.08. The molecule has 2 atom stereocenters. The van der Waals surface area contributed by atoms with Gasteiger partial charge in [0.1, 0.15) is 12.1 Å². The molecular weight excluding hydrogens is 254 g/mol. The van der Waals surface area contributed by atoms with Crippen LogP contribution in [-0.2, 0) is 9.53 Å². The lowest BCUT2D eigenvalue weighted by molar-refractivity contribution is -0.149. The average Bonchev–Trinajstić information content (AvgIpc) is 3.05. The molecule has 2 aromatic carbocycles. The minimum Gasteiger partial charge on any atom is -0.459 e. The van der Waals surface area contributed by atoms with Gasteiger partial charge in [0.05, 0.1) is 6.54 Å². The summed E-state index contributed by atoms with van der Waals surface area (Å²) < 4.78 is 5.13. The van der Waals surface area contributed by atoms with Crippen LogP contribution in [0.3, 0.4) is 0 Å². The molecule has 2 fully saturated rings. The second kappa shape index (κ2) is 4.07. The number of esters is 1. The molecular formula is C16H13NO3. The highest BCUT2D eigenvalue weighted by atomic mass is 16.6. The maximum atomic E-state index is 12.7. The van der Waals surface area contributed by atoms with Crippen molar-refractivity contribution >= 4 is 22.6 Å². The molecule has 2 aliphatic rings. The highest BCUT2D eigenvalue weighted by Crippen LogP contribution is 2.31. The van der Waals surface area contributed by atoms with Gasteiger partial charge in [0, 0.05) is 12.0 Å². The lowest BCUT2D eigenvalue weighted by Gasteiger charge is -2.26. The molecule has 0 N–H and O–H groups in total. The van der Waals surface area contributed by atoms with Gasteiger partial charge in [0.2, 0.25) is 0 Å². The fourth-order valence-corrected chi connectivity index (χ4v) is 3.14. The first-order valence-corrected chi connectivity index (χ1v) is 6.73. The molecule has 4 heteroatoms. The summed E-state index contributed by atoms with van der Waals surface area (Å²) in [5, 5.41) is 1.96. The Kier molecular flexibility index (Phi) is 2.33. The standard InChI is InChI=1S/C16H13NO3/c18-15(17-9-11-8-14(17)16(19)20-11)13-7-3-5-10-4-1-2-6-12(10)13/h1-7,11,14H,8-9H2/t11-,14+/m1/s1. The molecule has 20 heavy (non-hydrogen) atoms. The zero-order valence-electron chi connectivity index (χ0n) is 10.8. The molecule has 0 radical (unpaired) electrons. The number of carbonyl (C=O) groups is 2. The topological polar surface area (TPSA) is 46.6 Å². The molecule has 100 valence electrons. The van der Waals surface area contributed by atoms with E-state index >= 15 is 0 Å². The molecule has 0 aliphatic carbocycles. The summed E-state index contributed by atoms with van der Waals surface area (Å²) in [6.07, 6.45) is 0.515. The third kappa shape index (κ3) is 1.54. The van der Waals surface area contributed by atoms with Gasteiger partial charge >= 0.3 is 5.97 Å². The fraction of sp³-hybridized carbons (Fsp3) is 0.250. The maximum absolute atomic E-state index is 12.7. The molecule has 2 aromatic rings. The van der Waals surface area contributed by atoms with Crippen molar-refractivity contribution in [1.29, 1.82) is 0 Å². The minimum atomic E-state index is -0.397. The minimum absolute atomic E-state index is 0.0778. The van der Waals surface area contributed by atoms with Crippen molar-refractivity contribution in [3.8, 4) is 0 Å². The van der Waals surface area contributed by atoms with Crippen LogP contribution in [-0.4, -0.2) is 35.5 Å². The van der Waals surface area contributed by atoms with Crippen LogP contribution in [0.4, 0.5) is 0 Å². The van der Waals surface area contributed by atoms with Crippen LogP contribution in [0.25, 0.3) is 10.8 Å². The Morgan fingerprint density at radius 1 is 1.15 bits per heavy atom. The smallest absolute Gasteiger partial charge is 0.329 e. The van der Waals surface area contributed by atoms with Gasteiger partial charge in [0.25, 0.3) is 5.91 Å². The third-order valence-electron chi connectivity index (χ3n) is 4.10. The molecule has 4 rings (SSSR count). The molecule has 0 unspecified atom stereocenters. The molecule has 0 aromatic heterocycles. The van der Waals surface area contributed by atoms with E-state index in [-0.39, 0.29) is 18.0 Å². The van der Waals surface area contributed by atoms with Crippen LogP contribution in [0.15, 0.2) is 42.5 Å². The monoisotopic (exact) mass is 267 g/mol. The van der Waals surface area contributed by atoms with E-state index in [1.807, 2.05) is 42.5 Å². The van der Waals surface area contributed by atoms with Gasteiger partial charge in [-0.3, -0.25) is 4.79 Å². The Balaban J connectivity index is 1.76. The predicted octanol–water partition coefficient (Wildman–Crippen LogP) is 1.98. The van der Waals surface area contributed by atoms with Crippen molar-refractivity contribution in [2.24, 2.45) is 0 Å². The zero-order chi connectivity index (χ0) is 13.7. The second-order valence-electron chi connectivity index (χ2n) is 5.29. The van der Waals surface area contributed by atoms with Crippen molar-refractivity contribution in [3.63, 3.8) is 0 Å². The largest absolute Gasteiger partial charge is 0.459 e. The van der Waals surface area contributed by atoms with E-state index in [9.17, 15) is 9.59 Å². The lowest BCUT2D eigenvalue weighted by Crippen LogP contribution is -2.44. The van der Waals surface area contributed by atoms with Gasteiger partial charge in [-0.15, -0.1) is 0 Å². The van der Waals surface area contributed by atoms with E-state index in [4.69, 9.17) is 4.74 Å². The number of rotatable bonds is 1. The van der Waals surface area contributed by atoms with E-state index in [0.29, 0.717) is 18.5 Å². The van der Waals surface area contributed by atoms with Crippen molar-refractivity contribution < 1.29 is 14.3 Å². The number of morpholine rings is 1. The van der Waals surface area contributed by atoms with Crippen molar-refractivity contribution in [1.82, 2.24) is 4.90 Å². The van der Waals surface area contributed by atoms with Gasteiger partial charge in [-0.05, 0) is 16.8 Å². The van der Waals surface area contributed by atoms with Crippen molar-refractivity contribution in [2.75, 3.05) is 6.54 Å². The third-order valence-corrected chi connectivity index (χ3v) is 4.10. The van der Waals surface area contributed by atoms with Crippen LogP contribution < -0.4 is 0 Å². The van der Waals surface area contributed by atoms with Gasteiger partial charge in [0.15, 0.2) is 0 Å². The van der Waals surface area contributed by atoms with E-state index in [1.54, 1.807) is 4.90 Å². The maximum Gasteiger partial charge on any atom is 0.329 e. The summed E-state index contributed by atoms with van der Waals surface area (Å²) >= 11 is 0. The first-order valence-electron chi connectivity index (χ1n) is 6.73. The van der Waals surface area contributed by atoms with E-state index in [2.05, 4.69) is 0 Å². The predicted molar refractivity (Wildman–Crippen MR) is 73.3 cm³/mol. The Morgan fingerprint density at radius 3 is 2.75 bits per heavy atom. The van der Waals surface area contributed by atoms with Crippen LogP contribution in [0.1, 0.15) is 16.8 Å². The summed E-state index contributed by atoms with van der Waals surface area (Å²) in [5.74, 6) is -0.346. The number of likely N-dealkylation sites (tertiary alicyclic amines) is 1. The summed E-state index contributed by atoms with van der Waals surface area (Å²) in [6, 6.07) is 13.1. The van der Waals surface area contributed by atoms with Crippen LogP contribution >= 0.6 is 0 Å². The number of fused-ring (bicyclic) bond motifs is 3. The Bertz CT molecular complexity index is 719. The average molecular weight is 267 g/mol. The van der Waals surface area contributed by atoms with Gasteiger partial charge < -0.3 is 9.64 Å². The SMILES string of the molecule is O=C1O[C@@H]2C[C@@H]1N(C(=O)c1cccc3ccccc13)C2. The van der Waals surface area contributed by atoms with Gasteiger partial charge in [-0.25, -0.2) is 4.79 Å². The molecule has 2 heterocycles. The Labute approximate surface area is 115 Å². The number of nitrogens with zero attached hydrogens (tertiary/aromatic N) is 1. The first kappa shape index (κ1) is 11.5. The van der Waals surface area contributed by atoms with E-state index in [0.717, 1.165) is 10.8 Å². The highest BCUT2D eigenvalue weighted by Gasteiger charge is 2.48. The van der Waals surface area contributed by atoms with Crippen LogP contribution in [0.5, 0.6) is 0 Å². The van der Waals surface area contributed by atoms with E-state index in [1.165, 1.54) is 0 Å². The Morgan fingerprint density at radius 2 is 1.95 bits per heavy atom. The number of carbonyl (C=O) groups excluding carboxylic acids is 2. The second-order valence-corrected chi connectivity index (χ2v) is 5.29. The Hall–Kier alpha value is -2.36.